The standard InChI is InChI=1S/C14H21FN2O/c1-10(9-18-2)14(8-16)17-6-5-11-3-4-12(15)7-13(11)17/h3-4,7,10,14H,5-6,8-9,16H2,1-2H3. The second-order valence-electron chi connectivity index (χ2n) is 4.95. The lowest BCUT2D eigenvalue weighted by Crippen LogP contribution is -2.45. The van der Waals surface area contributed by atoms with Crippen LogP contribution in [0.4, 0.5) is 10.1 Å². The first-order valence-electron chi connectivity index (χ1n) is 6.41. The largest absolute Gasteiger partial charge is 0.384 e. The zero-order valence-corrected chi connectivity index (χ0v) is 11.0. The van der Waals surface area contributed by atoms with Gasteiger partial charge in [-0.05, 0) is 24.1 Å². The number of benzene rings is 1. The molecule has 3 nitrogen and oxygen atoms in total. The number of nitrogens with two attached hydrogens (primary N) is 1. The zero-order valence-electron chi connectivity index (χ0n) is 11.0. The van der Waals surface area contributed by atoms with Gasteiger partial charge in [-0.3, -0.25) is 0 Å². The van der Waals surface area contributed by atoms with E-state index in [-0.39, 0.29) is 11.9 Å². The number of hydrogen-bond acceptors (Lipinski definition) is 3. The minimum atomic E-state index is -0.184. The van der Waals surface area contributed by atoms with Crippen LogP contribution < -0.4 is 10.6 Å². The summed E-state index contributed by atoms with van der Waals surface area (Å²) in [6.45, 7) is 4.26. The third-order valence-corrected chi connectivity index (χ3v) is 3.71. The van der Waals surface area contributed by atoms with Crippen molar-refractivity contribution in [2.75, 3.05) is 31.7 Å². The summed E-state index contributed by atoms with van der Waals surface area (Å²) in [6, 6.07) is 5.22. The van der Waals surface area contributed by atoms with Gasteiger partial charge in [-0.15, -0.1) is 0 Å². The van der Waals surface area contributed by atoms with Gasteiger partial charge in [0.05, 0.1) is 6.61 Å². The highest BCUT2D eigenvalue weighted by molar-refractivity contribution is 5.59. The zero-order chi connectivity index (χ0) is 13.1. The van der Waals surface area contributed by atoms with Crippen LogP contribution in [0.1, 0.15) is 12.5 Å². The number of methoxy groups -OCH3 is 1. The molecule has 0 fully saturated rings. The fraction of sp³-hybridized carbons (Fsp3) is 0.571. The van der Waals surface area contributed by atoms with Crippen LogP contribution in [-0.2, 0) is 11.2 Å². The first-order chi connectivity index (χ1) is 8.67. The summed E-state index contributed by atoms with van der Waals surface area (Å²) in [6.07, 6.45) is 0.964. The van der Waals surface area contributed by atoms with Crippen molar-refractivity contribution >= 4 is 5.69 Å². The lowest BCUT2D eigenvalue weighted by molar-refractivity contribution is 0.147. The van der Waals surface area contributed by atoms with E-state index in [4.69, 9.17) is 10.5 Å². The van der Waals surface area contributed by atoms with E-state index in [1.807, 2.05) is 6.07 Å². The van der Waals surface area contributed by atoms with Crippen LogP contribution in [0.2, 0.25) is 0 Å². The molecule has 2 unspecified atom stereocenters. The number of fused-ring (bicyclic) bond motifs is 1. The fourth-order valence-electron chi connectivity index (χ4n) is 2.76. The molecule has 4 heteroatoms. The normalized spacial score (nSPS) is 17.7. The Morgan fingerprint density at radius 3 is 2.94 bits per heavy atom. The Bertz CT molecular complexity index is 411. The van der Waals surface area contributed by atoms with Crippen LogP contribution in [0.5, 0.6) is 0 Å². The van der Waals surface area contributed by atoms with E-state index in [1.165, 1.54) is 11.6 Å². The number of nitrogens with zero attached hydrogens (tertiary/aromatic N) is 1. The molecular formula is C14H21FN2O. The molecule has 1 heterocycles. The Kier molecular flexibility index (Phi) is 4.19. The molecule has 100 valence electrons. The van der Waals surface area contributed by atoms with Gasteiger partial charge >= 0.3 is 0 Å². The van der Waals surface area contributed by atoms with E-state index in [2.05, 4.69) is 11.8 Å². The minimum absolute atomic E-state index is 0.184. The van der Waals surface area contributed by atoms with Gasteiger partial charge in [0.1, 0.15) is 5.82 Å². The van der Waals surface area contributed by atoms with Gasteiger partial charge in [0.15, 0.2) is 0 Å². The van der Waals surface area contributed by atoms with Gasteiger partial charge in [-0.25, -0.2) is 4.39 Å². The van der Waals surface area contributed by atoms with Gasteiger partial charge in [0, 0.05) is 37.8 Å². The summed E-state index contributed by atoms with van der Waals surface area (Å²) < 4.78 is 18.6. The molecule has 1 aliphatic rings. The van der Waals surface area contributed by atoms with Crippen molar-refractivity contribution in [3.63, 3.8) is 0 Å². The second kappa shape index (κ2) is 5.67. The molecule has 18 heavy (non-hydrogen) atoms. The Labute approximate surface area is 108 Å². The molecule has 0 aromatic heterocycles. The van der Waals surface area contributed by atoms with E-state index in [1.54, 1.807) is 13.2 Å². The van der Waals surface area contributed by atoms with Gasteiger partial charge in [0.2, 0.25) is 0 Å². The molecule has 1 aromatic rings. The number of ether oxygens (including phenoxy) is 1. The lowest BCUT2D eigenvalue weighted by Gasteiger charge is -2.33. The summed E-state index contributed by atoms with van der Waals surface area (Å²) in [5.74, 6) is 0.144. The Morgan fingerprint density at radius 1 is 1.50 bits per heavy atom. The summed E-state index contributed by atoms with van der Waals surface area (Å²) in [5.41, 5.74) is 8.09. The molecule has 2 atom stereocenters. The van der Waals surface area contributed by atoms with Crippen molar-refractivity contribution in [1.82, 2.24) is 0 Å². The third-order valence-electron chi connectivity index (χ3n) is 3.71. The lowest BCUT2D eigenvalue weighted by atomic mass is 10.0. The summed E-state index contributed by atoms with van der Waals surface area (Å²) in [4.78, 5) is 2.22. The smallest absolute Gasteiger partial charge is 0.125 e. The van der Waals surface area contributed by atoms with E-state index in [9.17, 15) is 4.39 Å². The molecule has 0 amide bonds. The summed E-state index contributed by atoms with van der Waals surface area (Å²) in [7, 11) is 1.70. The maximum absolute atomic E-state index is 13.4. The number of halogens is 1. The van der Waals surface area contributed by atoms with E-state index >= 15 is 0 Å². The van der Waals surface area contributed by atoms with Crippen molar-refractivity contribution in [3.05, 3.63) is 29.6 Å². The Morgan fingerprint density at radius 2 is 2.28 bits per heavy atom. The number of hydrogen-bond donors (Lipinski definition) is 1. The van der Waals surface area contributed by atoms with Crippen molar-refractivity contribution < 1.29 is 9.13 Å². The average molecular weight is 252 g/mol. The molecule has 2 rings (SSSR count). The SMILES string of the molecule is COCC(C)C(CN)N1CCc2ccc(F)cc21. The molecule has 1 aromatic carbocycles. The molecule has 2 N–H and O–H groups in total. The van der Waals surface area contributed by atoms with E-state index in [0.717, 1.165) is 18.7 Å². The van der Waals surface area contributed by atoms with Crippen LogP contribution in [0.25, 0.3) is 0 Å². The molecule has 0 aliphatic carbocycles. The van der Waals surface area contributed by atoms with Gasteiger partial charge in [-0.1, -0.05) is 13.0 Å². The topological polar surface area (TPSA) is 38.5 Å². The van der Waals surface area contributed by atoms with Crippen molar-refractivity contribution in [2.24, 2.45) is 11.7 Å². The number of anilines is 1. The Balaban J connectivity index is 2.22. The predicted octanol–water partition coefficient (Wildman–Crippen LogP) is 1.80. The fourth-order valence-corrected chi connectivity index (χ4v) is 2.76. The quantitative estimate of drug-likeness (QED) is 0.868. The molecule has 0 saturated heterocycles. The highest BCUT2D eigenvalue weighted by Gasteiger charge is 2.29. The summed E-state index contributed by atoms with van der Waals surface area (Å²) in [5, 5.41) is 0. The predicted molar refractivity (Wildman–Crippen MR) is 71.3 cm³/mol. The minimum Gasteiger partial charge on any atom is -0.384 e. The van der Waals surface area contributed by atoms with Gasteiger partial charge in [-0.2, -0.15) is 0 Å². The van der Waals surface area contributed by atoms with Crippen molar-refractivity contribution in [3.8, 4) is 0 Å². The molecule has 1 aliphatic heterocycles. The maximum atomic E-state index is 13.4. The average Bonchev–Trinajstić information content (AvgIpc) is 2.74. The van der Waals surface area contributed by atoms with Gasteiger partial charge < -0.3 is 15.4 Å². The first kappa shape index (κ1) is 13.3. The molecule has 0 radical (unpaired) electrons. The van der Waals surface area contributed by atoms with Crippen LogP contribution in [0, 0.1) is 11.7 Å². The van der Waals surface area contributed by atoms with Gasteiger partial charge in [0.25, 0.3) is 0 Å². The van der Waals surface area contributed by atoms with E-state index in [0.29, 0.717) is 19.1 Å². The molecular weight excluding hydrogens is 231 g/mol. The monoisotopic (exact) mass is 252 g/mol. The first-order valence-corrected chi connectivity index (χ1v) is 6.41. The summed E-state index contributed by atoms with van der Waals surface area (Å²) >= 11 is 0. The van der Waals surface area contributed by atoms with Crippen molar-refractivity contribution in [2.45, 2.75) is 19.4 Å². The van der Waals surface area contributed by atoms with Crippen LogP contribution >= 0.6 is 0 Å². The number of rotatable bonds is 5. The van der Waals surface area contributed by atoms with Crippen molar-refractivity contribution in [1.29, 1.82) is 0 Å². The highest BCUT2D eigenvalue weighted by Crippen LogP contribution is 2.32. The molecule has 0 spiro atoms. The maximum Gasteiger partial charge on any atom is 0.125 e. The highest BCUT2D eigenvalue weighted by atomic mass is 19.1. The third kappa shape index (κ3) is 2.49. The molecule has 0 bridgehead atoms. The van der Waals surface area contributed by atoms with E-state index < -0.39 is 0 Å². The van der Waals surface area contributed by atoms with Crippen LogP contribution in [0.15, 0.2) is 18.2 Å². The second-order valence-corrected chi connectivity index (χ2v) is 4.95. The van der Waals surface area contributed by atoms with Crippen LogP contribution in [0.3, 0.4) is 0 Å². The van der Waals surface area contributed by atoms with Crippen LogP contribution in [-0.4, -0.2) is 32.8 Å². The Hall–Kier alpha value is -1.13. The molecule has 0 saturated carbocycles.